The minimum absolute atomic E-state index is 0.0513. The number of hydrogen-bond acceptors (Lipinski definition) is 6. The van der Waals surface area contributed by atoms with Crippen molar-refractivity contribution < 1.29 is 29.3 Å². The summed E-state index contributed by atoms with van der Waals surface area (Å²) in [5, 5.41) is 21.9. The van der Waals surface area contributed by atoms with Gasteiger partial charge in [0.1, 0.15) is 18.3 Å². The summed E-state index contributed by atoms with van der Waals surface area (Å²) in [4.78, 5) is 29.5. The van der Waals surface area contributed by atoms with Gasteiger partial charge in [-0.15, -0.1) is 0 Å². The molecule has 0 bridgehead atoms. The van der Waals surface area contributed by atoms with Crippen LogP contribution in [0.4, 0.5) is 0 Å². The molecule has 0 unspecified atom stereocenters. The van der Waals surface area contributed by atoms with Crippen LogP contribution < -0.4 is 0 Å². The number of ether oxygens (including phenoxy) is 2. The van der Waals surface area contributed by atoms with Gasteiger partial charge in [-0.05, 0) is 49.0 Å². The maximum Gasteiger partial charge on any atom is 0.246 e. The lowest BCUT2D eigenvalue weighted by atomic mass is 10.00. The fourth-order valence-corrected chi connectivity index (χ4v) is 4.84. The summed E-state index contributed by atoms with van der Waals surface area (Å²) in [5.74, 6) is -0.139. The smallest absolute Gasteiger partial charge is 0.246 e. The monoisotopic (exact) mass is 558 g/mol. The lowest BCUT2D eigenvalue weighted by molar-refractivity contribution is -0.140. The van der Waals surface area contributed by atoms with E-state index < -0.39 is 18.3 Å². The van der Waals surface area contributed by atoms with Gasteiger partial charge >= 0.3 is 0 Å². The van der Waals surface area contributed by atoms with Crippen molar-refractivity contribution in [3.63, 3.8) is 0 Å². The molecule has 0 spiro atoms. The Morgan fingerprint density at radius 3 is 2.57 bits per heavy atom. The van der Waals surface area contributed by atoms with Gasteiger partial charge in [-0.2, -0.15) is 0 Å². The molecule has 10 heteroatoms. The van der Waals surface area contributed by atoms with Crippen molar-refractivity contribution in [3.05, 3.63) is 39.9 Å². The summed E-state index contributed by atoms with van der Waals surface area (Å²) < 4.78 is 11.0. The molecule has 1 fully saturated rings. The lowest BCUT2D eigenvalue weighted by Crippen LogP contribution is -2.53. The van der Waals surface area contributed by atoms with Crippen molar-refractivity contribution >= 4 is 41.1 Å². The van der Waals surface area contributed by atoms with E-state index in [0.29, 0.717) is 48.0 Å². The van der Waals surface area contributed by atoms with Gasteiger partial charge in [0, 0.05) is 62.4 Å². The number of nitrogens with zero attached hydrogens (tertiary/aromatic N) is 2. The minimum Gasteiger partial charge on any atom is -0.388 e. The molecule has 0 aliphatic carbocycles. The molecule has 1 aromatic carbocycles. The molecule has 0 aromatic heterocycles. The van der Waals surface area contributed by atoms with E-state index in [0.717, 1.165) is 0 Å². The molecular weight excluding hydrogens is 519 g/mol. The number of benzene rings is 1. The average Bonchev–Trinajstić information content (AvgIpc) is 2.83. The highest BCUT2D eigenvalue weighted by Gasteiger charge is 2.32. The van der Waals surface area contributed by atoms with Gasteiger partial charge in [-0.1, -0.05) is 43.1 Å². The van der Waals surface area contributed by atoms with Crippen molar-refractivity contribution in [2.24, 2.45) is 5.92 Å². The first kappa shape index (κ1) is 31.5. The topological polar surface area (TPSA) is 99.5 Å². The van der Waals surface area contributed by atoms with Crippen LogP contribution in [0.15, 0.2) is 24.3 Å². The van der Waals surface area contributed by atoms with E-state index in [1.807, 2.05) is 0 Å². The summed E-state index contributed by atoms with van der Waals surface area (Å²) >= 11 is 12.3. The Kier molecular flexibility index (Phi) is 13.4. The van der Waals surface area contributed by atoms with Gasteiger partial charge in [-0.3, -0.25) is 9.59 Å². The predicted molar refractivity (Wildman–Crippen MR) is 146 cm³/mol. The molecule has 1 heterocycles. The number of methoxy groups -OCH3 is 1. The first-order valence-corrected chi connectivity index (χ1v) is 13.4. The van der Waals surface area contributed by atoms with Gasteiger partial charge in [-0.25, -0.2) is 0 Å². The van der Waals surface area contributed by atoms with Gasteiger partial charge in [0.05, 0.1) is 6.61 Å². The van der Waals surface area contributed by atoms with Crippen molar-refractivity contribution in [1.82, 2.24) is 9.80 Å². The molecule has 1 aliphatic rings. The van der Waals surface area contributed by atoms with Crippen molar-refractivity contribution in [2.45, 2.75) is 64.4 Å². The summed E-state index contributed by atoms with van der Waals surface area (Å²) in [6.45, 7) is 6.73. The van der Waals surface area contributed by atoms with E-state index in [2.05, 4.69) is 13.8 Å². The Balaban J connectivity index is 2.38. The maximum atomic E-state index is 13.5. The molecule has 1 saturated heterocycles. The van der Waals surface area contributed by atoms with Gasteiger partial charge in [0.25, 0.3) is 0 Å². The number of rotatable bonds is 5. The summed E-state index contributed by atoms with van der Waals surface area (Å²) in [5.41, 5.74) is 0.677. The van der Waals surface area contributed by atoms with E-state index in [-0.39, 0.29) is 43.5 Å². The molecule has 8 nitrogen and oxygen atoms in total. The van der Waals surface area contributed by atoms with Crippen LogP contribution in [-0.2, 0) is 19.1 Å². The second-order valence-electron chi connectivity index (χ2n) is 9.85. The molecule has 0 radical (unpaired) electrons. The van der Waals surface area contributed by atoms with E-state index in [1.165, 1.54) is 20.1 Å². The zero-order valence-corrected chi connectivity index (χ0v) is 23.6. The number of carbonyl (C=O) groups is 2. The van der Waals surface area contributed by atoms with Crippen molar-refractivity contribution in [3.8, 4) is 0 Å². The number of halogens is 2. The van der Waals surface area contributed by atoms with E-state index in [4.69, 9.17) is 32.7 Å². The summed E-state index contributed by atoms with van der Waals surface area (Å²) in [6, 6.07) is 4.81. The molecule has 37 heavy (non-hydrogen) atoms. The highest BCUT2D eigenvalue weighted by atomic mass is 35.5. The lowest BCUT2D eigenvalue weighted by Gasteiger charge is -2.38. The molecule has 2 rings (SSSR count). The first-order valence-electron chi connectivity index (χ1n) is 12.7. The molecule has 208 valence electrons. The second-order valence-corrected chi connectivity index (χ2v) is 10.7. The van der Waals surface area contributed by atoms with Crippen LogP contribution in [-0.4, -0.2) is 96.1 Å². The Morgan fingerprint density at radius 1 is 1.22 bits per heavy atom. The van der Waals surface area contributed by atoms with Crippen LogP contribution in [0.5, 0.6) is 0 Å². The third kappa shape index (κ3) is 10.2. The molecule has 4 atom stereocenters. The molecule has 0 saturated carbocycles. The molecule has 2 amide bonds. The van der Waals surface area contributed by atoms with Gasteiger partial charge in [0.2, 0.25) is 11.8 Å². The largest absolute Gasteiger partial charge is 0.388 e. The fourth-order valence-electron chi connectivity index (χ4n) is 4.37. The van der Waals surface area contributed by atoms with Crippen LogP contribution in [0.2, 0.25) is 10.0 Å². The third-order valence-electron chi connectivity index (χ3n) is 6.42. The molecular formula is C27H40Cl2N2O6. The van der Waals surface area contributed by atoms with Crippen LogP contribution >= 0.6 is 23.2 Å². The van der Waals surface area contributed by atoms with Gasteiger partial charge in [0.15, 0.2) is 0 Å². The zero-order valence-electron chi connectivity index (χ0n) is 22.1. The van der Waals surface area contributed by atoms with Crippen molar-refractivity contribution in [2.75, 3.05) is 40.0 Å². The Bertz CT molecular complexity index is 913. The molecule has 1 aliphatic heterocycles. The zero-order chi connectivity index (χ0) is 27.5. The Labute approximate surface area is 230 Å². The van der Waals surface area contributed by atoms with Crippen LogP contribution in [0, 0.1) is 5.92 Å². The predicted octanol–water partition coefficient (Wildman–Crippen LogP) is 3.65. The second kappa shape index (κ2) is 15.7. The summed E-state index contributed by atoms with van der Waals surface area (Å²) in [6.07, 6.45) is 1.99. The molecule has 1 aromatic rings. The fraction of sp³-hybridized carbons (Fsp3) is 0.630. The third-order valence-corrected chi connectivity index (χ3v) is 6.98. The number of amides is 2. The SMILES string of the molecule is CO[C@@H]1CN(C(C)=O)C[C@H](CC(C)C)N(C(=O)/C=C/c2ccc(Cl)cc2Cl)CCCCOC[C@@H](O)[C@H]1O. The standard InChI is InChI=1S/C27H40Cl2N2O6/c1-18(2)13-22-15-30(19(3)32)16-25(36-4)27(35)24(33)17-37-12-6-5-11-31(22)26(34)10-8-20-7-9-21(28)14-23(20)29/h7-10,14,18,22,24-25,27,33,35H,5-6,11-13,15-17H2,1-4H3/b10-8+/t22-,24+,25+,27+/m0/s1. The van der Waals surface area contributed by atoms with Crippen LogP contribution in [0.3, 0.4) is 0 Å². The summed E-state index contributed by atoms with van der Waals surface area (Å²) in [7, 11) is 1.43. The van der Waals surface area contributed by atoms with Crippen LogP contribution in [0.1, 0.15) is 45.6 Å². The van der Waals surface area contributed by atoms with E-state index in [9.17, 15) is 19.8 Å². The first-order chi connectivity index (χ1) is 17.5. The van der Waals surface area contributed by atoms with E-state index in [1.54, 1.807) is 34.1 Å². The maximum absolute atomic E-state index is 13.5. The Morgan fingerprint density at radius 2 is 1.95 bits per heavy atom. The van der Waals surface area contributed by atoms with Gasteiger partial charge < -0.3 is 29.5 Å². The van der Waals surface area contributed by atoms with Crippen molar-refractivity contribution in [1.29, 1.82) is 0 Å². The van der Waals surface area contributed by atoms with Crippen LogP contribution in [0.25, 0.3) is 6.08 Å². The Hall–Kier alpha value is -1.68. The number of hydrogen-bond donors (Lipinski definition) is 2. The average molecular weight is 560 g/mol. The molecule has 2 N–H and O–H groups in total. The number of aliphatic hydroxyl groups is 2. The minimum atomic E-state index is -1.23. The number of carbonyl (C=O) groups excluding carboxylic acids is 2. The highest BCUT2D eigenvalue weighted by Crippen LogP contribution is 2.23. The highest BCUT2D eigenvalue weighted by molar-refractivity contribution is 6.35. The quantitative estimate of drug-likeness (QED) is 0.535. The normalized spacial score (nSPS) is 24.9. The number of aliphatic hydroxyl groups excluding tert-OH is 2. The van der Waals surface area contributed by atoms with E-state index >= 15 is 0 Å².